The van der Waals surface area contributed by atoms with Crippen molar-refractivity contribution < 1.29 is 4.39 Å². The molecule has 0 bridgehead atoms. The number of rotatable bonds is 4. The normalized spacial score (nSPS) is 11.2. The summed E-state index contributed by atoms with van der Waals surface area (Å²) in [5, 5.41) is 3.23. The van der Waals surface area contributed by atoms with Gasteiger partial charge in [-0.1, -0.05) is 38.1 Å². The number of hydrogen-bond donors (Lipinski definition) is 2. The molecule has 1 aromatic heterocycles. The number of anilines is 1. The molecule has 0 fully saturated rings. The highest BCUT2D eigenvalue weighted by Crippen LogP contribution is 2.17. The maximum absolute atomic E-state index is 13.1. The standard InChI is InChI=1S/C17H18FN3/c1-11(2)13-5-3-12(4-6-13)10-19-17-20-15-8-7-14(18)9-16(15)21-17/h3-9,11H,10H2,1-2H3,(H2,19,20,21). The second-order valence-corrected chi connectivity index (χ2v) is 5.50. The molecule has 3 nitrogen and oxygen atoms in total. The molecule has 0 aliphatic carbocycles. The predicted molar refractivity (Wildman–Crippen MR) is 83.9 cm³/mol. The Kier molecular flexibility index (Phi) is 3.60. The van der Waals surface area contributed by atoms with Gasteiger partial charge >= 0.3 is 0 Å². The summed E-state index contributed by atoms with van der Waals surface area (Å²) in [6, 6.07) is 13.1. The van der Waals surface area contributed by atoms with Gasteiger partial charge in [-0.15, -0.1) is 0 Å². The van der Waals surface area contributed by atoms with E-state index < -0.39 is 0 Å². The van der Waals surface area contributed by atoms with E-state index in [0.717, 1.165) is 5.52 Å². The predicted octanol–water partition coefficient (Wildman–Crippen LogP) is 4.44. The fraction of sp³-hybridized carbons (Fsp3) is 0.235. The molecule has 21 heavy (non-hydrogen) atoms. The summed E-state index contributed by atoms with van der Waals surface area (Å²) in [6.45, 7) is 5.04. The van der Waals surface area contributed by atoms with Crippen molar-refractivity contribution in [3.8, 4) is 0 Å². The van der Waals surface area contributed by atoms with Gasteiger partial charge < -0.3 is 10.3 Å². The van der Waals surface area contributed by atoms with Gasteiger partial charge in [-0.2, -0.15) is 0 Å². The molecule has 0 amide bonds. The molecule has 0 spiro atoms. The van der Waals surface area contributed by atoms with E-state index in [1.807, 2.05) is 0 Å². The zero-order chi connectivity index (χ0) is 14.8. The van der Waals surface area contributed by atoms with Gasteiger partial charge in [-0.3, -0.25) is 0 Å². The van der Waals surface area contributed by atoms with Gasteiger partial charge in [0, 0.05) is 6.54 Å². The summed E-state index contributed by atoms with van der Waals surface area (Å²) in [6.07, 6.45) is 0. The molecule has 0 saturated carbocycles. The summed E-state index contributed by atoms with van der Waals surface area (Å²) in [7, 11) is 0. The first kappa shape index (κ1) is 13.6. The Hall–Kier alpha value is -2.36. The van der Waals surface area contributed by atoms with Crippen LogP contribution in [-0.2, 0) is 6.54 Å². The first-order valence-electron chi connectivity index (χ1n) is 7.10. The van der Waals surface area contributed by atoms with Crippen LogP contribution in [0.3, 0.4) is 0 Å². The van der Waals surface area contributed by atoms with E-state index in [0.29, 0.717) is 23.9 Å². The molecule has 0 aliphatic rings. The Labute approximate surface area is 123 Å². The molecule has 0 atom stereocenters. The SMILES string of the molecule is CC(C)c1ccc(CNc2nc3ccc(F)cc3[nH]2)cc1. The van der Waals surface area contributed by atoms with Gasteiger partial charge in [0.1, 0.15) is 5.82 Å². The van der Waals surface area contributed by atoms with Crippen molar-refractivity contribution in [1.82, 2.24) is 9.97 Å². The minimum absolute atomic E-state index is 0.262. The Balaban J connectivity index is 1.71. The number of H-pyrrole nitrogens is 1. The van der Waals surface area contributed by atoms with Crippen LogP contribution >= 0.6 is 0 Å². The summed E-state index contributed by atoms with van der Waals surface area (Å²) in [5.74, 6) is 0.933. The lowest BCUT2D eigenvalue weighted by molar-refractivity contribution is 0.629. The number of hydrogen-bond acceptors (Lipinski definition) is 2. The molecule has 2 aromatic carbocycles. The molecule has 2 N–H and O–H groups in total. The van der Waals surface area contributed by atoms with Crippen LogP contribution in [0, 0.1) is 5.82 Å². The zero-order valence-corrected chi connectivity index (χ0v) is 12.2. The van der Waals surface area contributed by atoms with Crippen LogP contribution in [-0.4, -0.2) is 9.97 Å². The molecule has 3 aromatic rings. The average Bonchev–Trinajstić information content (AvgIpc) is 2.87. The highest BCUT2D eigenvalue weighted by atomic mass is 19.1. The number of imidazole rings is 1. The van der Waals surface area contributed by atoms with Crippen molar-refractivity contribution >= 4 is 17.0 Å². The Bertz CT molecular complexity index is 744. The molecule has 0 saturated heterocycles. The van der Waals surface area contributed by atoms with Gasteiger partial charge in [0.2, 0.25) is 5.95 Å². The van der Waals surface area contributed by atoms with Crippen molar-refractivity contribution in [2.45, 2.75) is 26.3 Å². The van der Waals surface area contributed by atoms with Gasteiger partial charge in [0.25, 0.3) is 0 Å². The molecule has 0 unspecified atom stereocenters. The molecular weight excluding hydrogens is 265 g/mol. The van der Waals surface area contributed by atoms with Crippen LogP contribution in [0.1, 0.15) is 30.9 Å². The van der Waals surface area contributed by atoms with E-state index in [4.69, 9.17) is 0 Å². The Morgan fingerprint density at radius 2 is 1.90 bits per heavy atom. The first-order valence-corrected chi connectivity index (χ1v) is 7.10. The second kappa shape index (κ2) is 5.56. The van der Waals surface area contributed by atoms with E-state index in [9.17, 15) is 4.39 Å². The van der Waals surface area contributed by atoms with E-state index in [1.54, 1.807) is 6.07 Å². The molecule has 108 valence electrons. The molecule has 0 radical (unpaired) electrons. The Morgan fingerprint density at radius 1 is 1.14 bits per heavy atom. The van der Waals surface area contributed by atoms with Crippen molar-refractivity contribution in [3.05, 3.63) is 59.4 Å². The fourth-order valence-electron chi connectivity index (χ4n) is 2.27. The van der Waals surface area contributed by atoms with Gasteiger partial charge in [0.15, 0.2) is 0 Å². The lowest BCUT2D eigenvalue weighted by Crippen LogP contribution is -2.01. The van der Waals surface area contributed by atoms with Crippen LogP contribution in [0.2, 0.25) is 0 Å². The number of halogens is 1. The molecule has 1 heterocycles. The fourth-order valence-corrected chi connectivity index (χ4v) is 2.27. The lowest BCUT2D eigenvalue weighted by atomic mass is 10.0. The van der Waals surface area contributed by atoms with Crippen LogP contribution in [0.5, 0.6) is 0 Å². The van der Waals surface area contributed by atoms with E-state index in [-0.39, 0.29) is 5.82 Å². The molecule has 3 rings (SSSR count). The monoisotopic (exact) mass is 283 g/mol. The minimum Gasteiger partial charge on any atom is -0.352 e. The third-order valence-electron chi connectivity index (χ3n) is 3.55. The highest BCUT2D eigenvalue weighted by molar-refractivity contribution is 5.77. The zero-order valence-electron chi connectivity index (χ0n) is 12.2. The maximum atomic E-state index is 13.1. The molecule has 4 heteroatoms. The number of benzene rings is 2. The van der Waals surface area contributed by atoms with Gasteiger partial charge in [-0.25, -0.2) is 9.37 Å². The van der Waals surface area contributed by atoms with Crippen LogP contribution in [0.25, 0.3) is 11.0 Å². The number of nitrogens with zero attached hydrogens (tertiary/aromatic N) is 1. The van der Waals surface area contributed by atoms with Crippen LogP contribution in [0.4, 0.5) is 10.3 Å². The summed E-state index contributed by atoms with van der Waals surface area (Å²) < 4.78 is 13.1. The smallest absolute Gasteiger partial charge is 0.201 e. The molecule has 0 aliphatic heterocycles. The van der Waals surface area contributed by atoms with Crippen molar-refractivity contribution in [2.75, 3.05) is 5.32 Å². The summed E-state index contributed by atoms with van der Waals surface area (Å²) >= 11 is 0. The highest BCUT2D eigenvalue weighted by Gasteiger charge is 2.04. The van der Waals surface area contributed by atoms with Crippen molar-refractivity contribution in [2.24, 2.45) is 0 Å². The quantitative estimate of drug-likeness (QED) is 0.743. The van der Waals surface area contributed by atoms with Gasteiger partial charge in [-0.05, 0) is 35.2 Å². The first-order chi connectivity index (χ1) is 10.1. The largest absolute Gasteiger partial charge is 0.352 e. The van der Waals surface area contributed by atoms with E-state index in [2.05, 4.69) is 53.4 Å². The topological polar surface area (TPSA) is 40.7 Å². The van der Waals surface area contributed by atoms with Crippen LogP contribution in [0.15, 0.2) is 42.5 Å². The number of aromatic amines is 1. The lowest BCUT2D eigenvalue weighted by Gasteiger charge is -2.07. The second-order valence-electron chi connectivity index (χ2n) is 5.50. The summed E-state index contributed by atoms with van der Waals surface area (Å²) in [4.78, 5) is 7.46. The van der Waals surface area contributed by atoms with Crippen LogP contribution < -0.4 is 5.32 Å². The number of nitrogens with one attached hydrogen (secondary N) is 2. The molecular formula is C17H18FN3. The maximum Gasteiger partial charge on any atom is 0.201 e. The number of aromatic nitrogens is 2. The third kappa shape index (κ3) is 3.05. The summed E-state index contributed by atoms with van der Waals surface area (Å²) in [5.41, 5.74) is 3.98. The van der Waals surface area contributed by atoms with E-state index in [1.165, 1.54) is 23.3 Å². The number of fused-ring (bicyclic) bond motifs is 1. The van der Waals surface area contributed by atoms with Crippen molar-refractivity contribution in [3.63, 3.8) is 0 Å². The minimum atomic E-state index is -0.262. The van der Waals surface area contributed by atoms with E-state index >= 15 is 0 Å². The third-order valence-corrected chi connectivity index (χ3v) is 3.55. The van der Waals surface area contributed by atoms with Crippen molar-refractivity contribution in [1.29, 1.82) is 0 Å². The van der Waals surface area contributed by atoms with Gasteiger partial charge in [0.05, 0.1) is 11.0 Å². The average molecular weight is 283 g/mol. The Morgan fingerprint density at radius 3 is 2.62 bits per heavy atom.